The maximum atomic E-state index is 6.12. The zero-order valence-electron chi connectivity index (χ0n) is 10.9. The van der Waals surface area contributed by atoms with Crippen molar-refractivity contribution in [3.05, 3.63) is 30.8 Å². The summed E-state index contributed by atoms with van der Waals surface area (Å²) in [6.45, 7) is 0. The van der Waals surface area contributed by atoms with Crippen molar-refractivity contribution in [1.29, 1.82) is 0 Å². The number of anilines is 2. The van der Waals surface area contributed by atoms with Gasteiger partial charge in [0, 0.05) is 11.6 Å². The van der Waals surface area contributed by atoms with Crippen LogP contribution in [0.2, 0.25) is 0 Å². The van der Waals surface area contributed by atoms with Crippen LogP contribution in [0.25, 0.3) is 11.3 Å². The summed E-state index contributed by atoms with van der Waals surface area (Å²) >= 11 is 0. The van der Waals surface area contributed by atoms with E-state index in [9.17, 15) is 0 Å². The molecule has 0 bridgehead atoms. The molecule has 1 heterocycles. The van der Waals surface area contributed by atoms with E-state index in [1.807, 2.05) is 18.2 Å². The van der Waals surface area contributed by atoms with E-state index < -0.39 is 0 Å². The molecular formula is C15H19N3O. The molecule has 19 heavy (non-hydrogen) atoms. The van der Waals surface area contributed by atoms with Crippen molar-refractivity contribution >= 4 is 11.4 Å². The fourth-order valence-corrected chi connectivity index (χ4v) is 2.67. The lowest BCUT2D eigenvalue weighted by Gasteiger charge is -2.24. The molecule has 0 spiro atoms. The first-order chi connectivity index (χ1) is 9.33. The third kappa shape index (κ3) is 2.72. The number of oxazole rings is 1. The molecule has 1 aromatic heterocycles. The summed E-state index contributed by atoms with van der Waals surface area (Å²) in [6, 6.07) is 6.54. The summed E-state index contributed by atoms with van der Waals surface area (Å²) in [6.07, 6.45) is 9.59. The number of nitrogens with two attached hydrogens (primary N) is 1. The largest absolute Gasteiger partial charge is 0.444 e. The molecule has 1 aliphatic carbocycles. The Kier molecular flexibility index (Phi) is 3.40. The van der Waals surface area contributed by atoms with Gasteiger partial charge in [0.1, 0.15) is 0 Å². The third-order valence-electron chi connectivity index (χ3n) is 3.73. The van der Waals surface area contributed by atoms with Crippen molar-refractivity contribution in [2.24, 2.45) is 0 Å². The van der Waals surface area contributed by atoms with E-state index in [0.29, 0.717) is 6.04 Å². The standard InChI is InChI=1S/C15H19N3O/c16-13-8-11(15-9-17-10-19-15)6-7-14(13)18-12-4-2-1-3-5-12/h6-10,12,18H,1-5,16H2. The zero-order chi connectivity index (χ0) is 13.1. The van der Waals surface area contributed by atoms with Crippen molar-refractivity contribution < 1.29 is 4.42 Å². The molecule has 0 aliphatic heterocycles. The first-order valence-electron chi connectivity index (χ1n) is 6.88. The number of nitrogens with one attached hydrogen (secondary N) is 1. The van der Waals surface area contributed by atoms with Crippen molar-refractivity contribution in [1.82, 2.24) is 4.98 Å². The second kappa shape index (κ2) is 5.34. The van der Waals surface area contributed by atoms with E-state index in [4.69, 9.17) is 10.2 Å². The lowest BCUT2D eigenvalue weighted by Crippen LogP contribution is -2.22. The Morgan fingerprint density at radius 1 is 1.21 bits per heavy atom. The number of nitrogen functional groups attached to an aromatic ring is 1. The van der Waals surface area contributed by atoms with E-state index in [1.54, 1.807) is 6.20 Å². The summed E-state index contributed by atoms with van der Waals surface area (Å²) in [4.78, 5) is 3.92. The number of rotatable bonds is 3. The Labute approximate surface area is 113 Å². The Hall–Kier alpha value is -1.97. The Balaban J connectivity index is 1.76. The SMILES string of the molecule is Nc1cc(-c2cnco2)ccc1NC1CCCCC1. The van der Waals surface area contributed by atoms with Crippen LogP contribution < -0.4 is 11.1 Å². The smallest absolute Gasteiger partial charge is 0.181 e. The Morgan fingerprint density at radius 3 is 2.74 bits per heavy atom. The molecule has 4 heteroatoms. The summed E-state index contributed by atoms with van der Waals surface area (Å²) in [7, 11) is 0. The zero-order valence-corrected chi connectivity index (χ0v) is 10.9. The number of hydrogen-bond acceptors (Lipinski definition) is 4. The lowest BCUT2D eigenvalue weighted by atomic mass is 9.95. The van der Waals surface area contributed by atoms with Gasteiger partial charge >= 0.3 is 0 Å². The van der Waals surface area contributed by atoms with Crippen LogP contribution in [-0.2, 0) is 0 Å². The van der Waals surface area contributed by atoms with Gasteiger partial charge in [-0.25, -0.2) is 4.98 Å². The van der Waals surface area contributed by atoms with E-state index in [-0.39, 0.29) is 0 Å². The number of aromatic nitrogens is 1. The summed E-state index contributed by atoms with van der Waals surface area (Å²) in [5.41, 5.74) is 8.87. The predicted octanol–water partition coefficient (Wildman–Crippen LogP) is 3.67. The van der Waals surface area contributed by atoms with Crippen molar-refractivity contribution in [2.75, 3.05) is 11.1 Å². The van der Waals surface area contributed by atoms with Crippen molar-refractivity contribution in [3.8, 4) is 11.3 Å². The number of hydrogen-bond donors (Lipinski definition) is 2. The fraction of sp³-hybridized carbons (Fsp3) is 0.400. The highest BCUT2D eigenvalue weighted by molar-refractivity contribution is 5.74. The van der Waals surface area contributed by atoms with Gasteiger partial charge in [-0.05, 0) is 31.0 Å². The van der Waals surface area contributed by atoms with E-state index in [1.165, 1.54) is 38.5 Å². The van der Waals surface area contributed by atoms with Crippen LogP contribution in [0.1, 0.15) is 32.1 Å². The molecule has 1 saturated carbocycles. The lowest BCUT2D eigenvalue weighted by molar-refractivity contribution is 0.463. The Bertz CT molecular complexity index is 530. The molecule has 0 atom stereocenters. The van der Waals surface area contributed by atoms with E-state index >= 15 is 0 Å². The number of nitrogens with zero attached hydrogens (tertiary/aromatic N) is 1. The maximum absolute atomic E-state index is 6.12. The highest BCUT2D eigenvalue weighted by Crippen LogP contribution is 2.29. The van der Waals surface area contributed by atoms with E-state index in [2.05, 4.69) is 10.3 Å². The molecule has 3 rings (SSSR count). The van der Waals surface area contributed by atoms with Gasteiger partial charge in [-0.2, -0.15) is 0 Å². The van der Waals surface area contributed by atoms with Crippen LogP contribution in [0.4, 0.5) is 11.4 Å². The summed E-state index contributed by atoms with van der Waals surface area (Å²) in [5.74, 6) is 0.746. The fourth-order valence-electron chi connectivity index (χ4n) is 2.67. The molecule has 1 aliphatic rings. The first kappa shape index (κ1) is 12.1. The van der Waals surface area contributed by atoms with Gasteiger partial charge in [0.05, 0.1) is 17.6 Å². The molecule has 0 unspecified atom stereocenters. The van der Waals surface area contributed by atoms with E-state index in [0.717, 1.165) is 22.7 Å². The molecule has 0 radical (unpaired) electrons. The topological polar surface area (TPSA) is 64.1 Å². The van der Waals surface area contributed by atoms with Gasteiger partial charge in [0.15, 0.2) is 12.2 Å². The van der Waals surface area contributed by atoms with Gasteiger partial charge in [0.25, 0.3) is 0 Å². The quantitative estimate of drug-likeness (QED) is 0.823. The minimum atomic E-state index is 0.562. The summed E-state index contributed by atoms with van der Waals surface area (Å²) in [5, 5.41) is 3.55. The molecule has 1 fully saturated rings. The van der Waals surface area contributed by atoms with Crippen molar-refractivity contribution in [2.45, 2.75) is 38.1 Å². The second-order valence-corrected chi connectivity index (χ2v) is 5.15. The van der Waals surface area contributed by atoms with Gasteiger partial charge in [-0.3, -0.25) is 0 Å². The van der Waals surface area contributed by atoms with Crippen LogP contribution in [0.15, 0.2) is 35.2 Å². The minimum Gasteiger partial charge on any atom is -0.444 e. The first-order valence-corrected chi connectivity index (χ1v) is 6.88. The minimum absolute atomic E-state index is 0.562. The monoisotopic (exact) mass is 257 g/mol. The van der Waals surface area contributed by atoms with Crippen LogP contribution in [0.3, 0.4) is 0 Å². The average molecular weight is 257 g/mol. The molecule has 4 nitrogen and oxygen atoms in total. The molecule has 100 valence electrons. The van der Waals surface area contributed by atoms with Crippen LogP contribution in [0, 0.1) is 0 Å². The maximum Gasteiger partial charge on any atom is 0.181 e. The third-order valence-corrected chi connectivity index (χ3v) is 3.73. The molecule has 1 aromatic carbocycles. The van der Waals surface area contributed by atoms with Gasteiger partial charge < -0.3 is 15.5 Å². The van der Waals surface area contributed by atoms with Crippen LogP contribution >= 0.6 is 0 Å². The van der Waals surface area contributed by atoms with Gasteiger partial charge in [0.2, 0.25) is 0 Å². The van der Waals surface area contributed by atoms with Crippen LogP contribution in [-0.4, -0.2) is 11.0 Å². The molecule has 0 amide bonds. The molecule has 3 N–H and O–H groups in total. The average Bonchev–Trinajstić information content (AvgIpc) is 2.96. The molecular weight excluding hydrogens is 238 g/mol. The highest BCUT2D eigenvalue weighted by Gasteiger charge is 2.14. The van der Waals surface area contributed by atoms with Crippen LogP contribution in [0.5, 0.6) is 0 Å². The summed E-state index contributed by atoms with van der Waals surface area (Å²) < 4.78 is 5.28. The number of benzene rings is 1. The normalized spacial score (nSPS) is 16.4. The Morgan fingerprint density at radius 2 is 2.05 bits per heavy atom. The molecule has 0 saturated heterocycles. The second-order valence-electron chi connectivity index (χ2n) is 5.15. The van der Waals surface area contributed by atoms with Gasteiger partial charge in [-0.15, -0.1) is 0 Å². The predicted molar refractivity (Wildman–Crippen MR) is 76.8 cm³/mol. The van der Waals surface area contributed by atoms with Crippen molar-refractivity contribution in [3.63, 3.8) is 0 Å². The highest BCUT2D eigenvalue weighted by atomic mass is 16.3. The van der Waals surface area contributed by atoms with Gasteiger partial charge in [-0.1, -0.05) is 19.3 Å². The molecule has 2 aromatic rings.